The molecule has 0 saturated carbocycles. The molecule has 15 heavy (non-hydrogen) atoms. The number of aromatic nitrogens is 1. The molecule has 0 bridgehead atoms. The van der Waals surface area contributed by atoms with Gasteiger partial charge in [0.25, 0.3) is 5.91 Å². The summed E-state index contributed by atoms with van der Waals surface area (Å²) in [5.74, 6) is -0.484. The summed E-state index contributed by atoms with van der Waals surface area (Å²) >= 11 is 0. The molecule has 0 radical (unpaired) electrons. The fraction of sp³-hybridized carbons (Fsp3) is 0.0909. The van der Waals surface area contributed by atoms with Gasteiger partial charge in [-0.15, -0.1) is 0 Å². The summed E-state index contributed by atoms with van der Waals surface area (Å²) in [5.41, 5.74) is 7.79. The van der Waals surface area contributed by atoms with E-state index >= 15 is 0 Å². The summed E-state index contributed by atoms with van der Waals surface area (Å²) in [5, 5.41) is 9.62. The molecule has 0 atom stereocenters. The fourth-order valence-corrected chi connectivity index (χ4v) is 1.64. The number of nitriles is 1. The van der Waals surface area contributed by atoms with E-state index in [2.05, 4.69) is 11.1 Å². The Balaban J connectivity index is 2.79. The van der Waals surface area contributed by atoms with Gasteiger partial charge in [-0.05, 0) is 30.7 Å². The number of H-pyrrole nitrogens is 1. The molecule has 0 aliphatic heterocycles. The molecule has 2 rings (SSSR count). The van der Waals surface area contributed by atoms with Crippen molar-refractivity contribution in [3.8, 4) is 6.07 Å². The molecule has 74 valence electrons. The Bertz CT molecular complexity index is 590. The third-order valence-corrected chi connectivity index (χ3v) is 2.43. The van der Waals surface area contributed by atoms with E-state index in [1.54, 1.807) is 25.1 Å². The molecular weight excluding hydrogens is 190 g/mol. The van der Waals surface area contributed by atoms with Crippen LogP contribution < -0.4 is 5.73 Å². The lowest BCUT2D eigenvalue weighted by molar-refractivity contribution is 0.0996. The maximum absolute atomic E-state index is 11.1. The molecule has 1 heterocycles. The van der Waals surface area contributed by atoms with Crippen LogP contribution in [0.5, 0.6) is 0 Å². The first-order chi connectivity index (χ1) is 7.13. The molecule has 4 heteroatoms. The number of carbonyl (C=O) groups is 1. The number of benzene rings is 1. The van der Waals surface area contributed by atoms with Crippen molar-refractivity contribution < 1.29 is 4.79 Å². The first-order valence-electron chi connectivity index (χ1n) is 4.45. The van der Waals surface area contributed by atoms with E-state index in [-0.39, 0.29) is 0 Å². The molecule has 1 aromatic carbocycles. The smallest absolute Gasteiger partial charge is 0.265 e. The van der Waals surface area contributed by atoms with Crippen LogP contribution in [0.2, 0.25) is 0 Å². The number of hydrogen-bond acceptors (Lipinski definition) is 2. The van der Waals surface area contributed by atoms with Gasteiger partial charge in [0.1, 0.15) is 5.69 Å². The fourth-order valence-electron chi connectivity index (χ4n) is 1.64. The third-order valence-electron chi connectivity index (χ3n) is 2.43. The van der Waals surface area contributed by atoms with Gasteiger partial charge in [0.2, 0.25) is 0 Å². The van der Waals surface area contributed by atoms with Gasteiger partial charge < -0.3 is 10.7 Å². The Morgan fingerprint density at radius 3 is 2.87 bits per heavy atom. The van der Waals surface area contributed by atoms with E-state index in [9.17, 15) is 4.79 Å². The van der Waals surface area contributed by atoms with Gasteiger partial charge in [-0.3, -0.25) is 4.79 Å². The van der Waals surface area contributed by atoms with Crippen molar-refractivity contribution >= 4 is 16.8 Å². The van der Waals surface area contributed by atoms with Crippen molar-refractivity contribution in [3.05, 3.63) is 35.0 Å². The van der Waals surface area contributed by atoms with Crippen molar-refractivity contribution in [2.45, 2.75) is 6.92 Å². The molecule has 4 nitrogen and oxygen atoms in total. The quantitative estimate of drug-likeness (QED) is 0.728. The first kappa shape index (κ1) is 9.28. The Kier molecular flexibility index (Phi) is 1.94. The van der Waals surface area contributed by atoms with E-state index < -0.39 is 5.91 Å². The topological polar surface area (TPSA) is 82.7 Å². The Morgan fingerprint density at radius 1 is 1.53 bits per heavy atom. The molecule has 0 aliphatic rings. The lowest BCUT2D eigenvalue weighted by Gasteiger charge is -1.92. The third kappa shape index (κ3) is 1.34. The number of rotatable bonds is 1. The molecule has 0 unspecified atom stereocenters. The minimum absolute atomic E-state index is 0.403. The number of carbonyl (C=O) groups excluding carboxylic acids is 1. The van der Waals surface area contributed by atoms with Crippen molar-refractivity contribution in [1.29, 1.82) is 5.26 Å². The number of hydrogen-bond donors (Lipinski definition) is 2. The number of amides is 1. The standard InChI is InChI=1S/C11H9N3O/c1-6-8-4-7(5-12)2-3-9(8)14-10(6)11(13)15/h2-4,14H,1H3,(H2,13,15). The highest BCUT2D eigenvalue weighted by molar-refractivity contribution is 6.00. The average Bonchev–Trinajstić information content (AvgIpc) is 2.56. The van der Waals surface area contributed by atoms with Crippen molar-refractivity contribution in [1.82, 2.24) is 4.98 Å². The molecule has 0 fully saturated rings. The van der Waals surface area contributed by atoms with Gasteiger partial charge >= 0.3 is 0 Å². The molecular formula is C11H9N3O. The zero-order valence-electron chi connectivity index (χ0n) is 8.16. The van der Waals surface area contributed by atoms with Gasteiger partial charge in [0.05, 0.1) is 11.6 Å². The number of aryl methyl sites for hydroxylation is 1. The van der Waals surface area contributed by atoms with Crippen molar-refractivity contribution in [2.75, 3.05) is 0 Å². The predicted molar refractivity (Wildman–Crippen MR) is 56.3 cm³/mol. The minimum Gasteiger partial charge on any atom is -0.364 e. The summed E-state index contributed by atoms with van der Waals surface area (Å²) in [6, 6.07) is 7.27. The molecule has 1 amide bonds. The summed E-state index contributed by atoms with van der Waals surface area (Å²) in [4.78, 5) is 14.0. The molecule has 1 aromatic heterocycles. The Labute approximate surface area is 86.3 Å². The van der Waals surface area contributed by atoms with E-state index in [0.717, 1.165) is 16.5 Å². The monoisotopic (exact) mass is 199 g/mol. The Hall–Kier alpha value is -2.28. The SMILES string of the molecule is Cc1c(C(N)=O)[nH]c2ccc(C#N)cc12. The first-order valence-corrected chi connectivity index (χ1v) is 4.45. The molecule has 2 aromatic rings. The zero-order chi connectivity index (χ0) is 11.0. The van der Waals surface area contributed by atoms with Crippen molar-refractivity contribution in [3.63, 3.8) is 0 Å². The average molecular weight is 199 g/mol. The second-order valence-corrected chi connectivity index (χ2v) is 3.36. The maximum Gasteiger partial charge on any atom is 0.265 e. The van der Waals surface area contributed by atoms with Crippen LogP contribution in [0, 0.1) is 18.3 Å². The summed E-state index contributed by atoms with van der Waals surface area (Å²) in [6.45, 7) is 1.81. The van der Waals surface area contributed by atoms with Gasteiger partial charge in [0.15, 0.2) is 0 Å². The molecule has 0 saturated heterocycles. The molecule has 3 N–H and O–H groups in total. The summed E-state index contributed by atoms with van der Waals surface area (Å²) < 4.78 is 0. The summed E-state index contributed by atoms with van der Waals surface area (Å²) in [6.07, 6.45) is 0. The predicted octanol–water partition coefficient (Wildman–Crippen LogP) is 1.45. The highest BCUT2D eigenvalue weighted by atomic mass is 16.1. The number of nitrogens with two attached hydrogens (primary N) is 1. The second-order valence-electron chi connectivity index (χ2n) is 3.36. The van der Waals surface area contributed by atoms with E-state index in [4.69, 9.17) is 11.0 Å². The van der Waals surface area contributed by atoms with Crippen molar-refractivity contribution in [2.24, 2.45) is 5.73 Å². The zero-order valence-corrected chi connectivity index (χ0v) is 8.16. The highest BCUT2D eigenvalue weighted by Crippen LogP contribution is 2.22. The highest BCUT2D eigenvalue weighted by Gasteiger charge is 2.11. The lowest BCUT2D eigenvalue weighted by Crippen LogP contribution is -2.12. The van der Waals surface area contributed by atoms with Crippen LogP contribution in [0.25, 0.3) is 10.9 Å². The van der Waals surface area contributed by atoms with Gasteiger partial charge in [-0.25, -0.2) is 0 Å². The lowest BCUT2D eigenvalue weighted by atomic mass is 10.1. The van der Waals surface area contributed by atoms with E-state index in [0.29, 0.717) is 11.3 Å². The van der Waals surface area contributed by atoms with Gasteiger partial charge in [0, 0.05) is 10.9 Å². The normalized spacial score (nSPS) is 10.1. The Morgan fingerprint density at radius 2 is 2.27 bits per heavy atom. The van der Waals surface area contributed by atoms with Crippen LogP contribution >= 0.6 is 0 Å². The van der Waals surface area contributed by atoms with Gasteiger partial charge in [-0.1, -0.05) is 0 Å². The van der Waals surface area contributed by atoms with E-state index in [1.807, 2.05) is 0 Å². The largest absolute Gasteiger partial charge is 0.364 e. The second kappa shape index (κ2) is 3.14. The minimum atomic E-state index is -0.484. The number of aromatic amines is 1. The summed E-state index contributed by atoms with van der Waals surface area (Å²) in [7, 11) is 0. The number of nitrogens with zero attached hydrogens (tertiary/aromatic N) is 1. The van der Waals surface area contributed by atoms with Crippen LogP contribution in [-0.4, -0.2) is 10.9 Å². The van der Waals surface area contributed by atoms with Crippen LogP contribution in [0.15, 0.2) is 18.2 Å². The van der Waals surface area contributed by atoms with Crippen LogP contribution in [0.3, 0.4) is 0 Å². The van der Waals surface area contributed by atoms with E-state index in [1.165, 1.54) is 0 Å². The maximum atomic E-state index is 11.1. The number of primary amides is 1. The van der Waals surface area contributed by atoms with Crippen LogP contribution in [0.1, 0.15) is 21.6 Å². The van der Waals surface area contributed by atoms with Crippen LogP contribution in [-0.2, 0) is 0 Å². The molecule has 0 aliphatic carbocycles. The van der Waals surface area contributed by atoms with Gasteiger partial charge in [-0.2, -0.15) is 5.26 Å². The molecule has 0 spiro atoms. The number of fused-ring (bicyclic) bond motifs is 1. The van der Waals surface area contributed by atoms with Crippen LogP contribution in [0.4, 0.5) is 0 Å². The number of nitrogens with one attached hydrogen (secondary N) is 1.